The second-order valence-electron chi connectivity index (χ2n) is 5.86. The smallest absolute Gasteiger partial charge is 0.0596 e. The average Bonchev–Trinajstić information content (AvgIpc) is 2.46. The molecule has 0 aliphatic carbocycles. The van der Waals surface area contributed by atoms with Crippen LogP contribution in [0.3, 0.4) is 0 Å². The third-order valence-electron chi connectivity index (χ3n) is 3.66. The second-order valence-corrected chi connectivity index (χ2v) is 5.86. The number of likely N-dealkylation sites (N-methyl/N-ethyl adjacent to an activating group) is 1. The molecule has 0 amide bonds. The number of benzene rings is 2. The Bertz CT molecular complexity index is 563. The highest BCUT2D eigenvalue weighted by Gasteiger charge is 2.12. The second kappa shape index (κ2) is 7.55. The van der Waals surface area contributed by atoms with Crippen LogP contribution in [0, 0.1) is 0 Å². The Balaban J connectivity index is 2.00. The number of hydrogen-bond acceptors (Lipinski definition) is 3. The number of rotatable bonds is 7. The zero-order valence-corrected chi connectivity index (χ0v) is 13.3. The molecule has 21 heavy (non-hydrogen) atoms. The van der Waals surface area contributed by atoms with Gasteiger partial charge < -0.3 is 15.4 Å². The lowest BCUT2D eigenvalue weighted by molar-refractivity contribution is 0.0630. The standard InChI is InChI=1S/C18H26N2O/c1-14(2)21-12-11-20(3)13-18(19)17-10-6-8-15-7-4-5-9-16(15)17/h4-10,14,18H,11-13,19H2,1-3H3. The molecular formula is C18H26N2O. The van der Waals surface area contributed by atoms with Crippen LogP contribution in [0.25, 0.3) is 10.8 Å². The highest BCUT2D eigenvalue weighted by Crippen LogP contribution is 2.23. The third kappa shape index (κ3) is 4.53. The van der Waals surface area contributed by atoms with Gasteiger partial charge in [0.05, 0.1) is 12.7 Å². The zero-order chi connectivity index (χ0) is 15.2. The van der Waals surface area contributed by atoms with Crippen molar-refractivity contribution in [2.24, 2.45) is 5.73 Å². The predicted octanol–water partition coefficient (Wildman–Crippen LogP) is 3.20. The fraction of sp³-hybridized carbons (Fsp3) is 0.444. The Morgan fingerprint density at radius 1 is 1.10 bits per heavy atom. The Morgan fingerprint density at radius 2 is 1.81 bits per heavy atom. The van der Waals surface area contributed by atoms with Crippen molar-refractivity contribution in [1.82, 2.24) is 4.90 Å². The van der Waals surface area contributed by atoms with Crippen LogP contribution >= 0.6 is 0 Å². The minimum Gasteiger partial charge on any atom is -0.377 e. The summed E-state index contributed by atoms with van der Waals surface area (Å²) >= 11 is 0. The average molecular weight is 286 g/mol. The van der Waals surface area contributed by atoms with E-state index in [0.29, 0.717) is 0 Å². The Hall–Kier alpha value is -1.42. The summed E-state index contributed by atoms with van der Waals surface area (Å²) in [6.45, 7) is 6.59. The monoisotopic (exact) mass is 286 g/mol. The van der Waals surface area contributed by atoms with Crippen LogP contribution in [0.15, 0.2) is 42.5 Å². The summed E-state index contributed by atoms with van der Waals surface area (Å²) in [6.07, 6.45) is 0.283. The fourth-order valence-electron chi connectivity index (χ4n) is 2.54. The normalized spacial score (nSPS) is 13.2. The Labute approximate surface area is 127 Å². The molecule has 0 saturated heterocycles. The molecule has 2 N–H and O–H groups in total. The lowest BCUT2D eigenvalue weighted by Crippen LogP contribution is -2.32. The Kier molecular flexibility index (Phi) is 5.74. The van der Waals surface area contributed by atoms with Gasteiger partial charge in [-0.2, -0.15) is 0 Å². The van der Waals surface area contributed by atoms with Gasteiger partial charge in [-0.1, -0.05) is 42.5 Å². The molecule has 0 aliphatic rings. The van der Waals surface area contributed by atoms with E-state index in [2.05, 4.69) is 68.3 Å². The lowest BCUT2D eigenvalue weighted by Gasteiger charge is -2.23. The van der Waals surface area contributed by atoms with Crippen molar-refractivity contribution in [3.05, 3.63) is 48.0 Å². The third-order valence-corrected chi connectivity index (χ3v) is 3.66. The highest BCUT2D eigenvalue weighted by atomic mass is 16.5. The summed E-state index contributed by atoms with van der Waals surface area (Å²) in [6, 6.07) is 14.8. The summed E-state index contributed by atoms with van der Waals surface area (Å²) < 4.78 is 5.59. The van der Waals surface area contributed by atoms with Crippen LogP contribution in [-0.2, 0) is 4.74 Å². The van der Waals surface area contributed by atoms with E-state index in [1.54, 1.807) is 0 Å². The maximum Gasteiger partial charge on any atom is 0.0596 e. The van der Waals surface area contributed by atoms with E-state index in [-0.39, 0.29) is 12.1 Å². The molecule has 0 spiro atoms. The van der Waals surface area contributed by atoms with Gasteiger partial charge in [0, 0.05) is 19.1 Å². The van der Waals surface area contributed by atoms with Gasteiger partial charge in [-0.15, -0.1) is 0 Å². The van der Waals surface area contributed by atoms with Crippen molar-refractivity contribution in [2.45, 2.75) is 26.0 Å². The number of hydrogen-bond donors (Lipinski definition) is 1. The van der Waals surface area contributed by atoms with Gasteiger partial charge in [0.25, 0.3) is 0 Å². The molecule has 0 bridgehead atoms. The van der Waals surface area contributed by atoms with E-state index in [0.717, 1.165) is 19.7 Å². The van der Waals surface area contributed by atoms with Crippen LogP contribution in [0.1, 0.15) is 25.5 Å². The first-order chi connectivity index (χ1) is 10.1. The van der Waals surface area contributed by atoms with Crippen LogP contribution < -0.4 is 5.73 Å². The van der Waals surface area contributed by atoms with E-state index < -0.39 is 0 Å². The molecule has 3 heteroatoms. The topological polar surface area (TPSA) is 38.5 Å². The summed E-state index contributed by atoms with van der Waals surface area (Å²) in [5, 5.41) is 2.50. The molecule has 2 aromatic rings. The quantitative estimate of drug-likeness (QED) is 0.849. The molecule has 3 nitrogen and oxygen atoms in total. The van der Waals surface area contributed by atoms with E-state index in [1.165, 1.54) is 16.3 Å². The molecule has 2 rings (SSSR count). The van der Waals surface area contributed by atoms with Gasteiger partial charge in [0.15, 0.2) is 0 Å². The number of ether oxygens (including phenoxy) is 1. The maximum absolute atomic E-state index is 6.41. The van der Waals surface area contributed by atoms with Crippen molar-refractivity contribution >= 4 is 10.8 Å². The van der Waals surface area contributed by atoms with E-state index in [1.807, 2.05) is 0 Å². The van der Waals surface area contributed by atoms with Gasteiger partial charge >= 0.3 is 0 Å². The summed E-state index contributed by atoms with van der Waals surface area (Å²) in [5.74, 6) is 0. The summed E-state index contributed by atoms with van der Waals surface area (Å²) in [5.41, 5.74) is 7.62. The lowest BCUT2D eigenvalue weighted by atomic mass is 9.99. The molecule has 0 saturated carbocycles. The SMILES string of the molecule is CC(C)OCCN(C)CC(N)c1cccc2ccccc12. The zero-order valence-electron chi connectivity index (χ0n) is 13.3. The van der Waals surface area contributed by atoms with Crippen LogP contribution in [0.5, 0.6) is 0 Å². The largest absolute Gasteiger partial charge is 0.377 e. The first kappa shape index (κ1) is 16.0. The molecule has 0 fully saturated rings. The van der Waals surface area contributed by atoms with Crippen LogP contribution in [0.2, 0.25) is 0 Å². The minimum atomic E-state index is 0.0140. The first-order valence-electron chi connectivity index (χ1n) is 7.61. The molecule has 0 aliphatic heterocycles. The number of fused-ring (bicyclic) bond motifs is 1. The van der Waals surface area contributed by atoms with Gasteiger partial charge in [-0.3, -0.25) is 0 Å². The van der Waals surface area contributed by atoms with E-state index >= 15 is 0 Å². The first-order valence-corrected chi connectivity index (χ1v) is 7.61. The van der Waals surface area contributed by atoms with Crippen LogP contribution in [-0.4, -0.2) is 37.7 Å². The van der Waals surface area contributed by atoms with Gasteiger partial charge in [-0.25, -0.2) is 0 Å². The molecule has 114 valence electrons. The van der Waals surface area contributed by atoms with Gasteiger partial charge in [0.1, 0.15) is 0 Å². The van der Waals surface area contributed by atoms with Gasteiger partial charge in [0.2, 0.25) is 0 Å². The summed E-state index contributed by atoms with van der Waals surface area (Å²) in [7, 11) is 2.09. The molecule has 1 unspecified atom stereocenters. The number of nitrogens with two attached hydrogens (primary N) is 1. The highest BCUT2D eigenvalue weighted by molar-refractivity contribution is 5.86. The minimum absolute atomic E-state index is 0.0140. The molecule has 0 heterocycles. The number of nitrogens with zero attached hydrogens (tertiary/aromatic N) is 1. The molecule has 1 atom stereocenters. The van der Waals surface area contributed by atoms with Crippen molar-refractivity contribution in [3.63, 3.8) is 0 Å². The predicted molar refractivity (Wildman–Crippen MR) is 89.5 cm³/mol. The molecule has 0 aromatic heterocycles. The fourth-order valence-corrected chi connectivity index (χ4v) is 2.54. The van der Waals surface area contributed by atoms with E-state index in [9.17, 15) is 0 Å². The van der Waals surface area contributed by atoms with E-state index in [4.69, 9.17) is 10.5 Å². The van der Waals surface area contributed by atoms with Crippen molar-refractivity contribution < 1.29 is 4.74 Å². The molecular weight excluding hydrogens is 260 g/mol. The maximum atomic E-state index is 6.41. The molecule has 0 radical (unpaired) electrons. The van der Waals surface area contributed by atoms with Crippen LogP contribution in [0.4, 0.5) is 0 Å². The molecule has 2 aromatic carbocycles. The van der Waals surface area contributed by atoms with Crippen molar-refractivity contribution in [3.8, 4) is 0 Å². The Morgan fingerprint density at radius 3 is 2.57 bits per heavy atom. The summed E-state index contributed by atoms with van der Waals surface area (Å²) in [4.78, 5) is 2.23. The van der Waals surface area contributed by atoms with Crippen molar-refractivity contribution in [1.29, 1.82) is 0 Å². The van der Waals surface area contributed by atoms with Gasteiger partial charge in [-0.05, 0) is 37.2 Å². The van der Waals surface area contributed by atoms with Crippen molar-refractivity contribution in [2.75, 3.05) is 26.7 Å².